The van der Waals surface area contributed by atoms with Crippen LogP contribution in [0.1, 0.15) is 23.3 Å². The fourth-order valence-corrected chi connectivity index (χ4v) is 3.72. The molecule has 2 aromatic heterocycles. The highest BCUT2D eigenvalue weighted by molar-refractivity contribution is 6.03. The summed E-state index contributed by atoms with van der Waals surface area (Å²) >= 11 is 0. The number of benzene rings is 2. The molecule has 5 rings (SSSR count). The summed E-state index contributed by atoms with van der Waals surface area (Å²) in [7, 11) is 0. The molecule has 0 atom stereocenters. The second-order valence-corrected chi connectivity index (χ2v) is 7.68. The molecule has 0 radical (unpaired) electrons. The van der Waals surface area contributed by atoms with E-state index in [0.717, 1.165) is 35.7 Å². The van der Waals surface area contributed by atoms with Gasteiger partial charge in [0.1, 0.15) is 11.5 Å². The number of amides is 1. The lowest BCUT2D eigenvalue weighted by atomic mass is 10.1. The minimum atomic E-state index is -0.320. The summed E-state index contributed by atoms with van der Waals surface area (Å²) in [5.74, 6) is 0.280. The molecule has 1 amide bonds. The smallest absolute Gasteiger partial charge is 0.273 e. The molecule has 0 saturated carbocycles. The summed E-state index contributed by atoms with van der Waals surface area (Å²) in [5, 5.41) is 18.4. The van der Waals surface area contributed by atoms with Crippen LogP contribution in [0.4, 0.5) is 15.9 Å². The molecule has 160 valence electrons. The standard InChI is InChI=1S/C24H21FN6O/c25-18-7-3-17(4-8-18)21-15-22(29-28-21)24(32)26-19-9-5-16(6-10-19)20-11-12-23(30-27-20)31-13-1-2-14-31/h3-12,15H,1-2,13-14H2,(H,26,32)(H,28,29). The summed E-state index contributed by atoms with van der Waals surface area (Å²) in [4.78, 5) is 14.8. The Bertz CT molecular complexity index is 1210. The van der Waals surface area contributed by atoms with Gasteiger partial charge < -0.3 is 10.2 Å². The Balaban J connectivity index is 1.24. The quantitative estimate of drug-likeness (QED) is 0.488. The first-order valence-corrected chi connectivity index (χ1v) is 10.5. The van der Waals surface area contributed by atoms with Gasteiger partial charge in [0.15, 0.2) is 5.82 Å². The highest BCUT2D eigenvalue weighted by Crippen LogP contribution is 2.23. The second kappa shape index (κ2) is 8.58. The zero-order valence-electron chi connectivity index (χ0n) is 17.3. The van der Waals surface area contributed by atoms with Crippen molar-refractivity contribution in [3.05, 3.63) is 78.2 Å². The van der Waals surface area contributed by atoms with Crippen molar-refractivity contribution in [2.75, 3.05) is 23.3 Å². The normalized spacial score (nSPS) is 13.3. The van der Waals surface area contributed by atoms with Crippen LogP contribution in [0.3, 0.4) is 0 Å². The molecule has 3 heterocycles. The van der Waals surface area contributed by atoms with Crippen LogP contribution in [0, 0.1) is 5.82 Å². The van der Waals surface area contributed by atoms with E-state index in [0.29, 0.717) is 17.1 Å². The van der Waals surface area contributed by atoms with E-state index in [1.807, 2.05) is 36.4 Å². The highest BCUT2D eigenvalue weighted by Gasteiger charge is 2.14. The molecule has 2 aromatic carbocycles. The Morgan fingerprint density at radius 3 is 2.25 bits per heavy atom. The lowest BCUT2D eigenvalue weighted by Crippen LogP contribution is -2.19. The predicted molar refractivity (Wildman–Crippen MR) is 121 cm³/mol. The molecule has 7 nitrogen and oxygen atoms in total. The van der Waals surface area contributed by atoms with Crippen molar-refractivity contribution >= 4 is 17.4 Å². The summed E-state index contributed by atoms with van der Waals surface area (Å²) in [6, 6.07) is 19.0. The minimum Gasteiger partial charge on any atom is -0.355 e. The Kier molecular flexibility index (Phi) is 5.33. The Morgan fingerprint density at radius 2 is 1.56 bits per heavy atom. The number of nitrogens with one attached hydrogen (secondary N) is 2. The average Bonchev–Trinajstić information content (AvgIpc) is 3.53. The molecule has 4 aromatic rings. The van der Waals surface area contributed by atoms with Gasteiger partial charge >= 0.3 is 0 Å². The fraction of sp³-hybridized carbons (Fsp3) is 0.167. The number of nitrogens with zero attached hydrogens (tertiary/aromatic N) is 4. The average molecular weight is 428 g/mol. The van der Waals surface area contributed by atoms with Gasteiger partial charge in [-0.15, -0.1) is 10.2 Å². The number of H-pyrrole nitrogens is 1. The lowest BCUT2D eigenvalue weighted by molar-refractivity contribution is 0.102. The minimum absolute atomic E-state index is 0.312. The van der Waals surface area contributed by atoms with Crippen molar-refractivity contribution in [2.45, 2.75) is 12.8 Å². The maximum atomic E-state index is 13.1. The van der Waals surface area contributed by atoms with E-state index in [2.05, 4.69) is 30.6 Å². The number of carbonyl (C=O) groups is 1. The molecule has 0 unspecified atom stereocenters. The molecule has 1 fully saturated rings. The van der Waals surface area contributed by atoms with Crippen molar-refractivity contribution in [2.24, 2.45) is 0 Å². The summed E-state index contributed by atoms with van der Waals surface area (Å²) < 4.78 is 13.1. The van der Waals surface area contributed by atoms with Gasteiger partial charge in [0, 0.05) is 29.9 Å². The Labute approximate surface area is 184 Å². The molecular weight excluding hydrogens is 407 g/mol. The van der Waals surface area contributed by atoms with Crippen LogP contribution in [-0.2, 0) is 0 Å². The third-order valence-electron chi connectivity index (χ3n) is 5.48. The number of hydrogen-bond acceptors (Lipinski definition) is 5. The highest BCUT2D eigenvalue weighted by atomic mass is 19.1. The molecule has 1 aliphatic heterocycles. The van der Waals surface area contributed by atoms with E-state index in [1.54, 1.807) is 18.2 Å². The number of halogens is 1. The van der Waals surface area contributed by atoms with Crippen LogP contribution in [0.5, 0.6) is 0 Å². The molecule has 8 heteroatoms. The van der Waals surface area contributed by atoms with Crippen LogP contribution in [0.25, 0.3) is 22.5 Å². The van der Waals surface area contributed by atoms with Crippen LogP contribution in [0.15, 0.2) is 66.7 Å². The van der Waals surface area contributed by atoms with Gasteiger partial charge in [0.25, 0.3) is 5.91 Å². The van der Waals surface area contributed by atoms with E-state index < -0.39 is 0 Å². The summed E-state index contributed by atoms with van der Waals surface area (Å²) in [6.45, 7) is 2.06. The number of anilines is 2. The molecular formula is C24H21FN6O. The molecule has 0 bridgehead atoms. The van der Waals surface area contributed by atoms with Gasteiger partial charge in [0.2, 0.25) is 0 Å². The van der Waals surface area contributed by atoms with Crippen molar-refractivity contribution in [3.63, 3.8) is 0 Å². The maximum absolute atomic E-state index is 13.1. The van der Waals surface area contributed by atoms with Gasteiger partial charge in [-0.2, -0.15) is 5.10 Å². The topological polar surface area (TPSA) is 86.8 Å². The van der Waals surface area contributed by atoms with Crippen molar-refractivity contribution < 1.29 is 9.18 Å². The predicted octanol–water partition coefficient (Wildman–Crippen LogP) is 4.53. The first-order chi connectivity index (χ1) is 15.7. The first kappa shape index (κ1) is 19.9. The van der Waals surface area contributed by atoms with E-state index in [-0.39, 0.29) is 11.7 Å². The van der Waals surface area contributed by atoms with E-state index in [4.69, 9.17) is 0 Å². The molecule has 0 spiro atoms. The number of rotatable bonds is 5. The van der Waals surface area contributed by atoms with E-state index >= 15 is 0 Å². The van der Waals surface area contributed by atoms with Gasteiger partial charge in [0.05, 0.1) is 11.4 Å². The zero-order chi connectivity index (χ0) is 21.9. The Morgan fingerprint density at radius 1 is 0.875 bits per heavy atom. The maximum Gasteiger partial charge on any atom is 0.273 e. The lowest BCUT2D eigenvalue weighted by Gasteiger charge is -2.15. The van der Waals surface area contributed by atoms with Crippen LogP contribution < -0.4 is 10.2 Å². The van der Waals surface area contributed by atoms with Crippen LogP contribution in [-0.4, -0.2) is 39.4 Å². The molecule has 1 aliphatic rings. The van der Waals surface area contributed by atoms with Crippen LogP contribution in [0.2, 0.25) is 0 Å². The Hall–Kier alpha value is -4.07. The van der Waals surface area contributed by atoms with Crippen molar-refractivity contribution in [1.82, 2.24) is 20.4 Å². The van der Waals surface area contributed by atoms with Crippen molar-refractivity contribution in [3.8, 4) is 22.5 Å². The largest absolute Gasteiger partial charge is 0.355 e. The molecule has 2 N–H and O–H groups in total. The summed E-state index contributed by atoms with van der Waals surface area (Å²) in [5.41, 5.74) is 3.96. The third kappa shape index (κ3) is 4.20. The second-order valence-electron chi connectivity index (χ2n) is 7.68. The van der Waals surface area contributed by atoms with Crippen LogP contribution >= 0.6 is 0 Å². The van der Waals surface area contributed by atoms with Gasteiger partial charge in [-0.25, -0.2) is 4.39 Å². The molecule has 0 aliphatic carbocycles. The zero-order valence-corrected chi connectivity index (χ0v) is 17.3. The summed E-state index contributed by atoms with van der Waals surface area (Å²) in [6.07, 6.45) is 2.39. The number of hydrogen-bond donors (Lipinski definition) is 2. The number of carbonyl (C=O) groups excluding carboxylic acids is 1. The molecule has 1 saturated heterocycles. The van der Waals surface area contributed by atoms with Gasteiger partial charge in [-0.05, 0) is 67.4 Å². The monoisotopic (exact) mass is 428 g/mol. The molecule has 32 heavy (non-hydrogen) atoms. The number of aromatic nitrogens is 4. The van der Waals surface area contributed by atoms with Gasteiger partial charge in [-0.1, -0.05) is 12.1 Å². The SMILES string of the molecule is O=C(Nc1ccc(-c2ccc(N3CCCC3)nn2)cc1)c1cc(-c2ccc(F)cc2)n[nH]1. The third-order valence-corrected chi connectivity index (χ3v) is 5.48. The van der Waals surface area contributed by atoms with E-state index in [1.165, 1.54) is 25.0 Å². The fourth-order valence-electron chi connectivity index (χ4n) is 3.72. The number of aromatic amines is 1. The van der Waals surface area contributed by atoms with Gasteiger partial charge in [-0.3, -0.25) is 9.89 Å². The van der Waals surface area contributed by atoms with Crippen molar-refractivity contribution in [1.29, 1.82) is 0 Å². The first-order valence-electron chi connectivity index (χ1n) is 10.5. The van der Waals surface area contributed by atoms with E-state index in [9.17, 15) is 9.18 Å².